The van der Waals surface area contributed by atoms with Gasteiger partial charge in [0.25, 0.3) is 5.91 Å². The van der Waals surface area contributed by atoms with Crippen LogP contribution in [0.3, 0.4) is 0 Å². The highest BCUT2D eigenvalue weighted by molar-refractivity contribution is 6.38. The second-order valence-corrected chi connectivity index (χ2v) is 5.27. The number of nitrogens with one attached hydrogen (secondary N) is 3. The van der Waals surface area contributed by atoms with Gasteiger partial charge in [0.05, 0.1) is 11.4 Å². The van der Waals surface area contributed by atoms with Crippen LogP contribution in [0.4, 0.5) is 11.4 Å². The Bertz CT molecular complexity index is 669. The van der Waals surface area contributed by atoms with Gasteiger partial charge in [0, 0.05) is 10.0 Å². The molecule has 0 heterocycles. The van der Waals surface area contributed by atoms with Crippen molar-refractivity contribution in [3.05, 3.63) is 58.6 Å². The number of hydrazine groups is 1. The van der Waals surface area contributed by atoms with Crippen molar-refractivity contribution in [2.24, 2.45) is 5.10 Å². The van der Waals surface area contributed by atoms with Crippen molar-refractivity contribution in [3.63, 3.8) is 0 Å². The molecule has 0 radical (unpaired) electrons. The Balaban J connectivity index is 1.87. The Morgan fingerprint density at radius 3 is 1.95 bits per heavy atom. The van der Waals surface area contributed by atoms with E-state index in [1.807, 2.05) is 0 Å². The highest BCUT2D eigenvalue weighted by Gasteiger charge is 2.05. The van der Waals surface area contributed by atoms with Crippen LogP contribution in [0.2, 0.25) is 10.0 Å². The number of rotatable bonds is 5. The van der Waals surface area contributed by atoms with Crippen LogP contribution in [0.1, 0.15) is 6.92 Å². The number of hydrogen-bond acceptors (Lipinski definition) is 4. The molecule has 0 unspecified atom stereocenters. The first-order chi connectivity index (χ1) is 10.5. The number of hydrazone groups is 1. The molecule has 0 aromatic heterocycles. The quantitative estimate of drug-likeness (QED) is 0.572. The molecule has 3 N–H and O–H groups in total. The van der Waals surface area contributed by atoms with Gasteiger partial charge in [-0.1, -0.05) is 23.2 Å². The van der Waals surface area contributed by atoms with Crippen LogP contribution in [-0.4, -0.2) is 11.6 Å². The molecule has 5 nitrogen and oxygen atoms in total. The average Bonchev–Trinajstić information content (AvgIpc) is 2.53. The third-order valence-corrected chi connectivity index (χ3v) is 3.19. The van der Waals surface area contributed by atoms with Crippen molar-refractivity contribution >= 4 is 46.2 Å². The molecule has 114 valence electrons. The summed E-state index contributed by atoms with van der Waals surface area (Å²) in [6, 6.07) is 13.9. The van der Waals surface area contributed by atoms with Crippen molar-refractivity contribution in [1.82, 2.24) is 5.43 Å². The average molecular weight is 337 g/mol. The standard InChI is InChI=1S/C15H14Cl2N4O/c1-10(18-19-13-6-2-11(16)3-7-13)15(22)21-20-14-8-4-12(17)5-9-14/h2-9,19-20H,1H3,(H,21,22). The third-order valence-electron chi connectivity index (χ3n) is 2.69. The van der Waals surface area contributed by atoms with E-state index in [0.29, 0.717) is 10.0 Å². The Morgan fingerprint density at radius 2 is 1.41 bits per heavy atom. The first kappa shape index (κ1) is 16.1. The minimum absolute atomic E-state index is 0.274. The van der Waals surface area contributed by atoms with Gasteiger partial charge in [-0.05, 0) is 55.5 Å². The molecule has 2 aromatic carbocycles. The lowest BCUT2D eigenvalue weighted by Gasteiger charge is -2.08. The molecule has 0 aliphatic rings. The summed E-state index contributed by atoms with van der Waals surface area (Å²) in [5, 5.41) is 5.26. The zero-order chi connectivity index (χ0) is 15.9. The predicted octanol–water partition coefficient (Wildman–Crippen LogP) is 3.92. The van der Waals surface area contributed by atoms with Gasteiger partial charge in [-0.2, -0.15) is 5.10 Å². The van der Waals surface area contributed by atoms with Crippen molar-refractivity contribution in [2.45, 2.75) is 6.92 Å². The molecular weight excluding hydrogens is 323 g/mol. The van der Waals surface area contributed by atoms with E-state index < -0.39 is 0 Å². The molecule has 22 heavy (non-hydrogen) atoms. The van der Waals surface area contributed by atoms with Crippen LogP contribution < -0.4 is 16.3 Å². The fourth-order valence-corrected chi connectivity index (χ4v) is 1.73. The van der Waals surface area contributed by atoms with Gasteiger partial charge in [0.2, 0.25) is 0 Å². The molecule has 1 amide bonds. The summed E-state index contributed by atoms with van der Waals surface area (Å²) in [6.07, 6.45) is 0. The lowest BCUT2D eigenvalue weighted by atomic mass is 10.3. The Labute approximate surface area is 138 Å². The molecule has 2 rings (SSSR count). The predicted molar refractivity (Wildman–Crippen MR) is 91.4 cm³/mol. The van der Waals surface area contributed by atoms with E-state index in [1.165, 1.54) is 0 Å². The van der Waals surface area contributed by atoms with E-state index in [1.54, 1.807) is 55.5 Å². The number of anilines is 2. The number of carbonyl (C=O) groups excluding carboxylic acids is 1. The minimum Gasteiger partial charge on any atom is -0.298 e. The Morgan fingerprint density at radius 1 is 0.909 bits per heavy atom. The van der Waals surface area contributed by atoms with E-state index in [4.69, 9.17) is 23.2 Å². The molecule has 0 bridgehead atoms. The summed E-state index contributed by atoms with van der Waals surface area (Å²) < 4.78 is 0. The SMILES string of the molecule is CC(=NNc1ccc(Cl)cc1)C(=O)NNc1ccc(Cl)cc1. The van der Waals surface area contributed by atoms with Gasteiger partial charge >= 0.3 is 0 Å². The summed E-state index contributed by atoms with van der Waals surface area (Å²) in [5.41, 5.74) is 9.83. The maximum absolute atomic E-state index is 11.9. The van der Waals surface area contributed by atoms with Crippen LogP contribution in [0.5, 0.6) is 0 Å². The third kappa shape index (κ3) is 4.95. The first-order valence-electron chi connectivity index (χ1n) is 6.42. The van der Waals surface area contributed by atoms with Gasteiger partial charge < -0.3 is 0 Å². The second kappa shape index (κ2) is 7.68. The molecule has 0 atom stereocenters. The number of hydrogen-bond donors (Lipinski definition) is 3. The number of halogens is 2. The summed E-state index contributed by atoms with van der Waals surface area (Å²) in [6.45, 7) is 1.60. The largest absolute Gasteiger partial charge is 0.298 e. The van der Waals surface area contributed by atoms with Crippen molar-refractivity contribution in [2.75, 3.05) is 10.9 Å². The van der Waals surface area contributed by atoms with Crippen LogP contribution >= 0.6 is 23.2 Å². The molecule has 0 spiro atoms. The van der Waals surface area contributed by atoms with Gasteiger partial charge in [0.15, 0.2) is 0 Å². The molecule has 0 saturated heterocycles. The van der Waals surface area contributed by atoms with E-state index in [0.717, 1.165) is 11.4 Å². The molecule has 0 saturated carbocycles. The smallest absolute Gasteiger partial charge is 0.285 e. The second-order valence-electron chi connectivity index (χ2n) is 4.40. The summed E-state index contributed by atoms with van der Waals surface area (Å²) in [4.78, 5) is 11.9. The number of nitrogens with zero attached hydrogens (tertiary/aromatic N) is 1. The topological polar surface area (TPSA) is 65.5 Å². The number of benzene rings is 2. The fourth-order valence-electron chi connectivity index (χ4n) is 1.48. The lowest BCUT2D eigenvalue weighted by Crippen LogP contribution is -2.34. The van der Waals surface area contributed by atoms with Crippen LogP contribution in [0, 0.1) is 0 Å². The van der Waals surface area contributed by atoms with E-state index >= 15 is 0 Å². The van der Waals surface area contributed by atoms with Crippen LogP contribution in [0.15, 0.2) is 53.6 Å². The van der Waals surface area contributed by atoms with Crippen molar-refractivity contribution in [3.8, 4) is 0 Å². The van der Waals surface area contributed by atoms with Crippen molar-refractivity contribution < 1.29 is 4.79 Å². The van der Waals surface area contributed by atoms with E-state index in [-0.39, 0.29) is 11.6 Å². The lowest BCUT2D eigenvalue weighted by molar-refractivity contribution is -0.114. The van der Waals surface area contributed by atoms with Crippen molar-refractivity contribution in [1.29, 1.82) is 0 Å². The van der Waals surface area contributed by atoms with E-state index in [2.05, 4.69) is 21.4 Å². The molecule has 7 heteroatoms. The van der Waals surface area contributed by atoms with E-state index in [9.17, 15) is 4.79 Å². The van der Waals surface area contributed by atoms with Gasteiger partial charge in [-0.3, -0.25) is 21.1 Å². The molecular formula is C15H14Cl2N4O. The van der Waals surface area contributed by atoms with Crippen LogP contribution in [-0.2, 0) is 4.79 Å². The highest BCUT2D eigenvalue weighted by Crippen LogP contribution is 2.13. The maximum Gasteiger partial charge on any atom is 0.285 e. The zero-order valence-corrected chi connectivity index (χ0v) is 13.2. The maximum atomic E-state index is 11.9. The van der Waals surface area contributed by atoms with Gasteiger partial charge in [-0.25, -0.2) is 0 Å². The van der Waals surface area contributed by atoms with Gasteiger partial charge in [0.1, 0.15) is 5.71 Å². The molecule has 2 aromatic rings. The Hall–Kier alpha value is -2.24. The van der Waals surface area contributed by atoms with Crippen LogP contribution in [0.25, 0.3) is 0 Å². The Kier molecular flexibility index (Phi) is 5.63. The zero-order valence-electron chi connectivity index (χ0n) is 11.7. The summed E-state index contributed by atoms with van der Waals surface area (Å²) in [5.74, 6) is -0.351. The van der Waals surface area contributed by atoms with Gasteiger partial charge in [-0.15, -0.1) is 0 Å². The summed E-state index contributed by atoms with van der Waals surface area (Å²) in [7, 11) is 0. The number of carbonyl (C=O) groups is 1. The first-order valence-corrected chi connectivity index (χ1v) is 7.18. The minimum atomic E-state index is -0.351. The fraction of sp³-hybridized carbons (Fsp3) is 0.0667. The highest BCUT2D eigenvalue weighted by atomic mass is 35.5. The number of amides is 1. The molecule has 0 aliphatic carbocycles. The molecule has 0 aliphatic heterocycles. The monoisotopic (exact) mass is 336 g/mol. The summed E-state index contributed by atoms with van der Waals surface area (Å²) >= 11 is 11.6. The molecule has 0 fully saturated rings. The normalized spacial score (nSPS) is 11.0.